The maximum absolute atomic E-state index is 5.96. The molecule has 1 aliphatic heterocycles. The molecule has 0 radical (unpaired) electrons. The lowest BCUT2D eigenvalue weighted by atomic mass is 10.1. The highest BCUT2D eigenvalue weighted by Gasteiger charge is 2.19. The zero-order valence-electron chi connectivity index (χ0n) is 8.98. The van der Waals surface area contributed by atoms with Crippen molar-refractivity contribution in [3.63, 3.8) is 0 Å². The molecule has 1 aromatic rings. The number of ether oxygens (including phenoxy) is 1. The Morgan fingerprint density at radius 2 is 2.07 bits per heavy atom. The fraction of sp³-hybridized carbons (Fsp3) is 0.500. The third-order valence-electron chi connectivity index (χ3n) is 2.66. The Morgan fingerprint density at radius 1 is 1.40 bits per heavy atom. The average molecular weight is 223 g/mol. The summed E-state index contributed by atoms with van der Waals surface area (Å²) in [7, 11) is 0. The van der Waals surface area contributed by atoms with Gasteiger partial charge < -0.3 is 10.5 Å². The van der Waals surface area contributed by atoms with Gasteiger partial charge in [-0.1, -0.05) is 19.1 Å². The first-order valence-corrected chi connectivity index (χ1v) is 6.27. The van der Waals surface area contributed by atoms with E-state index in [-0.39, 0.29) is 6.04 Å². The van der Waals surface area contributed by atoms with E-state index in [2.05, 4.69) is 31.2 Å². The fourth-order valence-electron chi connectivity index (χ4n) is 1.50. The van der Waals surface area contributed by atoms with Gasteiger partial charge in [0.05, 0.1) is 18.5 Å². The smallest absolute Gasteiger partial charge is 0.0611 e. The molecule has 2 N–H and O–H groups in total. The van der Waals surface area contributed by atoms with E-state index < -0.39 is 0 Å². The van der Waals surface area contributed by atoms with Crippen molar-refractivity contribution in [1.29, 1.82) is 0 Å². The average Bonchev–Trinajstić information content (AvgIpc) is 2.23. The maximum atomic E-state index is 5.96. The minimum atomic E-state index is 0.177. The van der Waals surface area contributed by atoms with Gasteiger partial charge in [0, 0.05) is 10.9 Å². The van der Waals surface area contributed by atoms with Gasteiger partial charge >= 0.3 is 0 Å². The number of nitrogens with two attached hydrogens (primary N) is 1. The Kier molecular flexibility index (Phi) is 3.67. The molecule has 1 aliphatic rings. The van der Waals surface area contributed by atoms with Crippen LogP contribution < -0.4 is 5.73 Å². The topological polar surface area (TPSA) is 35.2 Å². The van der Waals surface area contributed by atoms with Crippen molar-refractivity contribution >= 4 is 11.8 Å². The lowest BCUT2D eigenvalue weighted by Crippen LogP contribution is -2.29. The molecule has 1 saturated heterocycles. The molecule has 1 fully saturated rings. The van der Waals surface area contributed by atoms with E-state index in [1.54, 1.807) is 0 Å². The van der Waals surface area contributed by atoms with E-state index >= 15 is 0 Å². The predicted molar refractivity (Wildman–Crippen MR) is 64.1 cm³/mol. The van der Waals surface area contributed by atoms with Crippen LogP contribution >= 0.6 is 11.8 Å². The number of benzene rings is 1. The number of rotatable bonds is 4. The summed E-state index contributed by atoms with van der Waals surface area (Å²) in [5.41, 5.74) is 7.18. The Bertz CT molecular complexity index is 308. The highest BCUT2D eigenvalue weighted by atomic mass is 32.2. The maximum Gasteiger partial charge on any atom is 0.0611 e. The summed E-state index contributed by atoms with van der Waals surface area (Å²) >= 11 is 1.89. The van der Waals surface area contributed by atoms with Crippen LogP contribution in [0.4, 0.5) is 0 Å². The molecule has 2 nitrogen and oxygen atoms in total. The Balaban J connectivity index is 1.96. The predicted octanol–water partition coefficient (Wildman–Crippen LogP) is 2.59. The van der Waals surface area contributed by atoms with Gasteiger partial charge in [0.15, 0.2) is 0 Å². The monoisotopic (exact) mass is 223 g/mol. The van der Waals surface area contributed by atoms with Gasteiger partial charge in [-0.05, 0) is 24.1 Å². The minimum absolute atomic E-state index is 0.177. The van der Waals surface area contributed by atoms with Crippen LogP contribution in [0, 0.1) is 0 Å². The van der Waals surface area contributed by atoms with Gasteiger partial charge in [0.2, 0.25) is 0 Å². The van der Waals surface area contributed by atoms with Crippen molar-refractivity contribution in [3.8, 4) is 0 Å². The van der Waals surface area contributed by atoms with Crippen LogP contribution in [-0.2, 0) is 4.74 Å². The van der Waals surface area contributed by atoms with E-state index in [9.17, 15) is 0 Å². The minimum Gasteiger partial charge on any atom is -0.379 e. The molecule has 1 aromatic carbocycles. The van der Waals surface area contributed by atoms with Gasteiger partial charge in [0.25, 0.3) is 0 Å². The largest absolute Gasteiger partial charge is 0.379 e. The normalized spacial score (nSPS) is 18.5. The third kappa shape index (κ3) is 2.74. The van der Waals surface area contributed by atoms with Gasteiger partial charge in [-0.2, -0.15) is 0 Å². The molecule has 15 heavy (non-hydrogen) atoms. The second-order valence-electron chi connectivity index (χ2n) is 3.86. The summed E-state index contributed by atoms with van der Waals surface area (Å²) in [5, 5.41) is 0.649. The molecule has 0 saturated carbocycles. The van der Waals surface area contributed by atoms with Crippen molar-refractivity contribution in [3.05, 3.63) is 29.8 Å². The number of hydrogen-bond donors (Lipinski definition) is 1. The summed E-state index contributed by atoms with van der Waals surface area (Å²) in [5.74, 6) is 0. The lowest BCUT2D eigenvalue weighted by Gasteiger charge is -2.25. The van der Waals surface area contributed by atoms with E-state index in [1.165, 1.54) is 10.5 Å². The molecular formula is C12H17NOS. The van der Waals surface area contributed by atoms with Crippen LogP contribution in [0.25, 0.3) is 0 Å². The van der Waals surface area contributed by atoms with Crippen LogP contribution in [-0.4, -0.2) is 18.5 Å². The Hall–Kier alpha value is -0.510. The highest BCUT2D eigenvalue weighted by molar-refractivity contribution is 8.00. The standard InChI is InChI=1S/C12H17NOS/c1-2-12(13)9-3-5-10(6-4-9)15-11-7-14-8-11/h3-6,11-12H,2,7-8,13H2,1H3/t12-/m0/s1. The SMILES string of the molecule is CC[C@H](N)c1ccc(SC2COC2)cc1. The second kappa shape index (κ2) is 5.01. The molecule has 0 unspecified atom stereocenters. The molecule has 3 heteroatoms. The van der Waals surface area contributed by atoms with Crippen LogP contribution in [0.3, 0.4) is 0 Å². The van der Waals surface area contributed by atoms with Crippen molar-refractivity contribution in [2.24, 2.45) is 5.73 Å². The quantitative estimate of drug-likeness (QED) is 0.852. The van der Waals surface area contributed by atoms with Gasteiger partial charge in [-0.15, -0.1) is 11.8 Å². The molecule has 0 spiro atoms. The van der Waals surface area contributed by atoms with E-state index in [1.807, 2.05) is 11.8 Å². The zero-order chi connectivity index (χ0) is 10.7. The summed E-state index contributed by atoms with van der Waals surface area (Å²) < 4.78 is 5.15. The Labute approximate surface area is 95.2 Å². The summed E-state index contributed by atoms with van der Waals surface area (Å²) in [6.45, 7) is 3.89. The van der Waals surface area contributed by atoms with Crippen molar-refractivity contribution in [2.45, 2.75) is 29.5 Å². The zero-order valence-corrected chi connectivity index (χ0v) is 9.80. The molecule has 82 valence electrons. The lowest BCUT2D eigenvalue weighted by molar-refractivity contribution is 0.0455. The first-order chi connectivity index (χ1) is 7.29. The molecule has 0 aromatic heterocycles. The molecule has 1 atom stereocenters. The van der Waals surface area contributed by atoms with Crippen molar-refractivity contribution in [1.82, 2.24) is 0 Å². The van der Waals surface area contributed by atoms with E-state index in [0.717, 1.165) is 19.6 Å². The van der Waals surface area contributed by atoms with Crippen LogP contribution in [0.1, 0.15) is 24.9 Å². The van der Waals surface area contributed by atoms with Gasteiger partial charge in [0.1, 0.15) is 0 Å². The van der Waals surface area contributed by atoms with Crippen molar-refractivity contribution in [2.75, 3.05) is 13.2 Å². The number of thioether (sulfide) groups is 1. The molecule has 2 rings (SSSR count). The summed E-state index contributed by atoms with van der Waals surface area (Å²) in [6, 6.07) is 8.77. The summed E-state index contributed by atoms with van der Waals surface area (Å²) in [4.78, 5) is 1.32. The van der Waals surface area contributed by atoms with Crippen molar-refractivity contribution < 1.29 is 4.74 Å². The summed E-state index contributed by atoms with van der Waals surface area (Å²) in [6.07, 6.45) is 0.989. The molecule has 0 amide bonds. The Morgan fingerprint density at radius 3 is 2.53 bits per heavy atom. The van der Waals surface area contributed by atoms with Crippen LogP contribution in [0.5, 0.6) is 0 Å². The van der Waals surface area contributed by atoms with Crippen LogP contribution in [0.15, 0.2) is 29.2 Å². The number of hydrogen-bond acceptors (Lipinski definition) is 3. The molecular weight excluding hydrogens is 206 g/mol. The first-order valence-electron chi connectivity index (χ1n) is 5.39. The van der Waals surface area contributed by atoms with Gasteiger partial charge in [-0.25, -0.2) is 0 Å². The van der Waals surface area contributed by atoms with E-state index in [4.69, 9.17) is 10.5 Å². The fourth-order valence-corrected chi connectivity index (χ4v) is 2.51. The molecule has 1 heterocycles. The first kappa shape index (κ1) is 11.0. The van der Waals surface area contributed by atoms with Gasteiger partial charge in [-0.3, -0.25) is 0 Å². The molecule has 0 aliphatic carbocycles. The van der Waals surface area contributed by atoms with Crippen LogP contribution in [0.2, 0.25) is 0 Å². The van der Waals surface area contributed by atoms with E-state index in [0.29, 0.717) is 5.25 Å². The molecule has 0 bridgehead atoms. The third-order valence-corrected chi connectivity index (χ3v) is 3.81. The second-order valence-corrected chi connectivity index (χ2v) is 5.23. The highest BCUT2D eigenvalue weighted by Crippen LogP contribution is 2.28.